The Kier molecular flexibility index (Phi) is 43.7. The fourth-order valence-corrected chi connectivity index (χ4v) is 7.21. The smallest absolute Gasteiger partial charge is 0.305 e. The second-order valence-corrected chi connectivity index (χ2v) is 16.4. The van der Waals surface area contributed by atoms with Crippen LogP contribution < -0.4 is 5.32 Å². The molecule has 0 aliphatic heterocycles. The van der Waals surface area contributed by atoms with Crippen LogP contribution in [0.4, 0.5) is 0 Å². The number of rotatable bonds is 44. The van der Waals surface area contributed by atoms with E-state index in [1.807, 2.05) is 6.08 Å². The van der Waals surface area contributed by atoms with E-state index in [4.69, 9.17) is 4.74 Å². The summed E-state index contributed by atoms with van der Waals surface area (Å²) in [5.74, 6) is -0.113. The van der Waals surface area contributed by atoms with E-state index in [1.165, 1.54) is 154 Å². The van der Waals surface area contributed by atoms with Crippen LogP contribution in [0.1, 0.15) is 251 Å². The molecule has 0 saturated heterocycles. The standard InChI is InChI=1S/C49H93NO5/c1-3-5-7-9-11-13-14-15-16-17-20-23-27-31-35-39-43-49(54)55-44-40-36-32-28-24-21-18-19-22-26-30-34-38-42-48(53)50-46(45-51)47(52)41-37-33-29-25-12-10-8-6-4-2/h19,22,37,41,46-47,51-52H,3-18,20-21,23-36,38-40,42-45H2,1-2H3,(H,50,53)/b22-19-,41-37+. The molecule has 2 atom stereocenters. The summed E-state index contributed by atoms with van der Waals surface area (Å²) in [6, 6.07) is -0.645. The number of hydrogen-bond donors (Lipinski definition) is 3. The summed E-state index contributed by atoms with van der Waals surface area (Å²) in [5, 5.41) is 22.8. The van der Waals surface area contributed by atoms with E-state index in [1.54, 1.807) is 6.08 Å². The summed E-state index contributed by atoms with van der Waals surface area (Å²) in [6.45, 7) is 4.83. The van der Waals surface area contributed by atoms with E-state index in [-0.39, 0.29) is 18.5 Å². The number of hydrogen-bond acceptors (Lipinski definition) is 5. The summed E-state index contributed by atoms with van der Waals surface area (Å²) in [6.07, 6.45) is 51.8. The number of amides is 1. The lowest BCUT2D eigenvalue weighted by Gasteiger charge is -2.19. The molecular weight excluding hydrogens is 683 g/mol. The van der Waals surface area contributed by atoms with Crippen molar-refractivity contribution < 1.29 is 24.5 Å². The first-order chi connectivity index (χ1) is 27.0. The fraction of sp³-hybridized carbons (Fsp3) is 0.878. The molecule has 6 heteroatoms. The minimum Gasteiger partial charge on any atom is -0.466 e. The molecule has 0 saturated carbocycles. The van der Waals surface area contributed by atoms with Crippen molar-refractivity contribution >= 4 is 11.9 Å². The third-order valence-electron chi connectivity index (χ3n) is 11.0. The maximum atomic E-state index is 12.3. The van der Waals surface area contributed by atoms with Gasteiger partial charge in [-0.15, -0.1) is 0 Å². The van der Waals surface area contributed by atoms with E-state index in [2.05, 4.69) is 31.3 Å². The maximum absolute atomic E-state index is 12.3. The van der Waals surface area contributed by atoms with Gasteiger partial charge >= 0.3 is 5.97 Å². The Balaban J connectivity index is 3.48. The van der Waals surface area contributed by atoms with Gasteiger partial charge in [0.05, 0.1) is 25.4 Å². The van der Waals surface area contributed by atoms with Crippen LogP contribution >= 0.6 is 0 Å². The summed E-state index contributed by atoms with van der Waals surface area (Å²) >= 11 is 0. The van der Waals surface area contributed by atoms with Crippen molar-refractivity contribution in [3.8, 4) is 0 Å². The molecule has 0 aromatic rings. The molecule has 0 fully saturated rings. The Morgan fingerprint density at radius 2 is 0.855 bits per heavy atom. The van der Waals surface area contributed by atoms with Crippen molar-refractivity contribution in [1.29, 1.82) is 0 Å². The van der Waals surface area contributed by atoms with E-state index in [0.717, 1.165) is 70.6 Å². The average Bonchev–Trinajstić information content (AvgIpc) is 3.18. The molecule has 0 rings (SSSR count). The lowest BCUT2D eigenvalue weighted by atomic mass is 10.0. The highest BCUT2D eigenvalue weighted by atomic mass is 16.5. The van der Waals surface area contributed by atoms with Crippen LogP contribution in [0.2, 0.25) is 0 Å². The first-order valence-corrected chi connectivity index (χ1v) is 24.1. The van der Waals surface area contributed by atoms with Crippen molar-refractivity contribution in [2.24, 2.45) is 0 Å². The molecule has 324 valence electrons. The molecule has 3 N–H and O–H groups in total. The molecule has 0 spiro atoms. The molecule has 0 bridgehead atoms. The predicted molar refractivity (Wildman–Crippen MR) is 236 cm³/mol. The minimum absolute atomic E-state index is 0.0116. The highest BCUT2D eigenvalue weighted by Gasteiger charge is 2.18. The topological polar surface area (TPSA) is 95.9 Å². The number of ether oxygens (including phenoxy) is 1. The lowest BCUT2D eigenvalue weighted by Crippen LogP contribution is -2.45. The number of esters is 1. The Labute approximate surface area is 341 Å². The average molecular weight is 776 g/mol. The molecule has 6 nitrogen and oxygen atoms in total. The van der Waals surface area contributed by atoms with E-state index >= 15 is 0 Å². The second kappa shape index (κ2) is 45.0. The largest absolute Gasteiger partial charge is 0.466 e. The van der Waals surface area contributed by atoms with Gasteiger partial charge < -0.3 is 20.3 Å². The molecular formula is C49H93NO5. The van der Waals surface area contributed by atoms with Crippen LogP contribution in [0, 0.1) is 0 Å². The molecule has 0 aliphatic carbocycles. The van der Waals surface area contributed by atoms with Gasteiger partial charge in [0.1, 0.15) is 0 Å². The van der Waals surface area contributed by atoms with Crippen LogP contribution in [0.3, 0.4) is 0 Å². The molecule has 2 unspecified atom stereocenters. The van der Waals surface area contributed by atoms with Gasteiger partial charge in [0.25, 0.3) is 0 Å². The number of aliphatic hydroxyl groups excluding tert-OH is 2. The fourth-order valence-electron chi connectivity index (χ4n) is 7.21. The normalized spacial score (nSPS) is 12.9. The van der Waals surface area contributed by atoms with Crippen LogP contribution in [0.25, 0.3) is 0 Å². The van der Waals surface area contributed by atoms with Gasteiger partial charge in [0.15, 0.2) is 0 Å². The Bertz CT molecular complexity index is 858. The number of carbonyl (C=O) groups is 2. The molecule has 55 heavy (non-hydrogen) atoms. The molecule has 0 aliphatic rings. The maximum Gasteiger partial charge on any atom is 0.305 e. The van der Waals surface area contributed by atoms with E-state index in [9.17, 15) is 19.8 Å². The minimum atomic E-state index is -0.858. The summed E-state index contributed by atoms with van der Waals surface area (Å²) in [5.41, 5.74) is 0. The van der Waals surface area contributed by atoms with Crippen molar-refractivity contribution in [3.05, 3.63) is 24.3 Å². The van der Waals surface area contributed by atoms with Crippen molar-refractivity contribution in [2.45, 2.75) is 264 Å². The van der Waals surface area contributed by atoms with Gasteiger partial charge in [-0.05, 0) is 57.8 Å². The van der Waals surface area contributed by atoms with Crippen LogP contribution in [0.15, 0.2) is 24.3 Å². The Morgan fingerprint density at radius 1 is 0.491 bits per heavy atom. The SMILES string of the molecule is CCCCCCCCC/C=C/C(O)C(CO)NC(=O)CCCCC/C=C\CCCCCCCCOC(=O)CCCCCCCCCCCCCCCCCC. The zero-order chi connectivity index (χ0) is 40.1. The lowest BCUT2D eigenvalue weighted by molar-refractivity contribution is -0.143. The molecule has 1 amide bonds. The van der Waals surface area contributed by atoms with Crippen molar-refractivity contribution in [1.82, 2.24) is 5.32 Å². The van der Waals surface area contributed by atoms with Gasteiger partial charge in [-0.1, -0.05) is 205 Å². The third-order valence-corrected chi connectivity index (χ3v) is 11.0. The number of nitrogens with one attached hydrogen (secondary N) is 1. The highest BCUT2D eigenvalue weighted by molar-refractivity contribution is 5.76. The van der Waals surface area contributed by atoms with Gasteiger partial charge in [-0.3, -0.25) is 9.59 Å². The summed E-state index contributed by atoms with van der Waals surface area (Å²) in [4.78, 5) is 24.4. The summed E-state index contributed by atoms with van der Waals surface area (Å²) in [7, 11) is 0. The Hall–Kier alpha value is -1.66. The molecule has 0 radical (unpaired) electrons. The summed E-state index contributed by atoms with van der Waals surface area (Å²) < 4.78 is 5.46. The predicted octanol–water partition coefficient (Wildman–Crippen LogP) is 14.0. The van der Waals surface area contributed by atoms with Crippen molar-refractivity contribution in [3.63, 3.8) is 0 Å². The van der Waals surface area contributed by atoms with Crippen LogP contribution in [-0.2, 0) is 14.3 Å². The number of carbonyl (C=O) groups excluding carboxylic acids is 2. The first kappa shape index (κ1) is 53.3. The van der Waals surface area contributed by atoms with Crippen LogP contribution in [0.5, 0.6) is 0 Å². The van der Waals surface area contributed by atoms with E-state index < -0.39 is 12.1 Å². The molecule has 0 aromatic carbocycles. The number of unbranched alkanes of at least 4 members (excludes halogenated alkanes) is 31. The van der Waals surface area contributed by atoms with Crippen LogP contribution in [-0.4, -0.2) is 47.4 Å². The quantitative estimate of drug-likeness (QED) is 0.0325. The van der Waals surface area contributed by atoms with Gasteiger partial charge in [0.2, 0.25) is 5.91 Å². The van der Waals surface area contributed by atoms with Crippen molar-refractivity contribution in [2.75, 3.05) is 13.2 Å². The number of aliphatic hydroxyl groups is 2. The Morgan fingerprint density at radius 3 is 1.31 bits per heavy atom. The third kappa shape index (κ3) is 41.8. The highest BCUT2D eigenvalue weighted by Crippen LogP contribution is 2.15. The van der Waals surface area contributed by atoms with Gasteiger partial charge in [-0.25, -0.2) is 0 Å². The molecule has 0 heterocycles. The first-order valence-electron chi connectivity index (χ1n) is 24.1. The zero-order valence-electron chi connectivity index (χ0n) is 36.7. The zero-order valence-corrected chi connectivity index (χ0v) is 36.7. The second-order valence-electron chi connectivity index (χ2n) is 16.4. The van der Waals surface area contributed by atoms with E-state index in [0.29, 0.717) is 19.4 Å². The monoisotopic (exact) mass is 776 g/mol. The van der Waals surface area contributed by atoms with Gasteiger partial charge in [0, 0.05) is 12.8 Å². The number of allylic oxidation sites excluding steroid dienone is 3. The molecule has 0 aromatic heterocycles. The van der Waals surface area contributed by atoms with Gasteiger partial charge in [-0.2, -0.15) is 0 Å².